The lowest BCUT2D eigenvalue weighted by Gasteiger charge is -2.17. The van der Waals surface area contributed by atoms with Gasteiger partial charge in [-0.1, -0.05) is 0 Å². The minimum absolute atomic E-state index is 0.0930. The first-order valence-electron chi connectivity index (χ1n) is 7.76. The van der Waals surface area contributed by atoms with Crippen LogP contribution in [0.25, 0.3) is 0 Å². The summed E-state index contributed by atoms with van der Waals surface area (Å²) in [6.45, 7) is 0. The Morgan fingerprint density at radius 2 is 1.93 bits per heavy atom. The summed E-state index contributed by atoms with van der Waals surface area (Å²) in [6.07, 6.45) is 4.52. The second-order valence-electron chi connectivity index (χ2n) is 5.58. The van der Waals surface area contributed by atoms with E-state index in [0.29, 0.717) is 10.6 Å². The number of aromatic nitrogens is 3. The van der Waals surface area contributed by atoms with Gasteiger partial charge in [-0.05, 0) is 24.3 Å². The predicted octanol–water partition coefficient (Wildman–Crippen LogP) is 2.17. The van der Waals surface area contributed by atoms with Crippen molar-refractivity contribution >= 4 is 28.1 Å². The van der Waals surface area contributed by atoms with Crippen LogP contribution in [0.1, 0.15) is 10.5 Å². The third kappa shape index (κ3) is 3.60. The Kier molecular flexibility index (Phi) is 5.08. The normalized spacial score (nSPS) is 11.8. The fraction of sp³-hybridized carbons (Fsp3) is 0.118. The highest BCUT2D eigenvalue weighted by atomic mass is 32.2. The smallest absolute Gasteiger partial charge is 0.276 e. The van der Waals surface area contributed by atoms with E-state index >= 15 is 0 Å². The van der Waals surface area contributed by atoms with Gasteiger partial charge >= 0.3 is 0 Å². The molecule has 0 radical (unpaired) electrons. The molecular formula is C17H15N5O4S. The molecule has 1 amide bonds. The number of rotatable bonds is 5. The Morgan fingerprint density at radius 1 is 1.22 bits per heavy atom. The average molecular weight is 385 g/mol. The van der Waals surface area contributed by atoms with Crippen molar-refractivity contribution in [2.45, 2.75) is 10.1 Å². The first-order valence-corrected chi connectivity index (χ1v) is 8.91. The number of anilines is 1. The van der Waals surface area contributed by atoms with E-state index in [-0.39, 0.29) is 22.4 Å². The molecule has 2 heterocycles. The number of benzene rings is 1. The minimum Gasteiger partial charge on any atom is -0.316 e. The number of carbonyl (C=O) groups excluding carboxylic acids is 1. The molecule has 0 fully saturated rings. The van der Waals surface area contributed by atoms with Gasteiger partial charge in [-0.3, -0.25) is 19.9 Å². The van der Waals surface area contributed by atoms with Crippen molar-refractivity contribution in [1.82, 2.24) is 14.5 Å². The van der Waals surface area contributed by atoms with Gasteiger partial charge in [0.15, 0.2) is 0 Å². The molecule has 0 spiro atoms. The predicted molar refractivity (Wildman–Crippen MR) is 97.9 cm³/mol. The summed E-state index contributed by atoms with van der Waals surface area (Å²) in [6, 6.07) is 8.84. The number of hydrogen-bond acceptors (Lipinski definition) is 6. The van der Waals surface area contributed by atoms with E-state index < -0.39 is 15.7 Å². The van der Waals surface area contributed by atoms with E-state index in [9.17, 15) is 19.1 Å². The van der Waals surface area contributed by atoms with Crippen molar-refractivity contribution < 1.29 is 13.9 Å². The number of hydrogen-bond donors (Lipinski definition) is 0. The van der Waals surface area contributed by atoms with Crippen LogP contribution in [-0.2, 0) is 17.8 Å². The van der Waals surface area contributed by atoms with E-state index in [1.165, 1.54) is 39.9 Å². The van der Waals surface area contributed by atoms with Gasteiger partial charge in [0.2, 0.25) is 5.16 Å². The van der Waals surface area contributed by atoms with Crippen molar-refractivity contribution in [2.24, 2.45) is 7.05 Å². The zero-order valence-electron chi connectivity index (χ0n) is 14.5. The molecule has 0 saturated heterocycles. The first kappa shape index (κ1) is 18.4. The van der Waals surface area contributed by atoms with E-state index in [4.69, 9.17) is 0 Å². The Labute approximate surface area is 156 Å². The zero-order valence-corrected chi connectivity index (χ0v) is 15.3. The highest BCUT2D eigenvalue weighted by Crippen LogP contribution is 2.21. The highest BCUT2D eigenvalue weighted by Gasteiger charge is 2.22. The van der Waals surface area contributed by atoms with Crippen LogP contribution >= 0.6 is 0 Å². The number of carbonyl (C=O) groups is 1. The lowest BCUT2D eigenvalue weighted by Crippen LogP contribution is -2.28. The number of nitro groups is 1. The summed E-state index contributed by atoms with van der Waals surface area (Å²) in [4.78, 5) is 32.8. The molecule has 10 heteroatoms. The highest BCUT2D eigenvalue weighted by molar-refractivity contribution is 7.85. The number of amides is 1. The number of nitro benzene ring substituents is 1. The molecule has 0 saturated carbocycles. The van der Waals surface area contributed by atoms with Crippen LogP contribution in [-0.4, -0.2) is 36.6 Å². The Balaban J connectivity index is 1.87. The van der Waals surface area contributed by atoms with Crippen molar-refractivity contribution in [2.75, 3.05) is 11.9 Å². The maximum Gasteiger partial charge on any atom is 0.276 e. The monoisotopic (exact) mass is 385 g/mol. The van der Waals surface area contributed by atoms with E-state index in [1.54, 1.807) is 38.6 Å². The molecule has 27 heavy (non-hydrogen) atoms. The van der Waals surface area contributed by atoms with Gasteiger partial charge in [0.05, 0.1) is 23.0 Å². The number of non-ortho nitro benzene ring substituents is 1. The number of imidazole rings is 1. The van der Waals surface area contributed by atoms with Crippen LogP contribution in [0, 0.1) is 10.1 Å². The van der Waals surface area contributed by atoms with Gasteiger partial charge < -0.3 is 9.47 Å². The van der Waals surface area contributed by atoms with Crippen LogP contribution in [0.4, 0.5) is 11.4 Å². The molecule has 3 aromatic rings. The summed E-state index contributed by atoms with van der Waals surface area (Å²) < 4.78 is 14.2. The lowest BCUT2D eigenvalue weighted by molar-refractivity contribution is -0.384. The molecule has 2 aromatic heterocycles. The zero-order chi connectivity index (χ0) is 19.6. The summed E-state index contributed by atoms with van der Waals surface area (Å²) in [5.74, 6) is -0.329. The molecule has 1 atom stereocenters. The SMILES string of the molecule is CN(C(=O)c1cnc(S(=O)c2ccc([N+](=O)[O-])cc2)n1C)c1cccnc1. The first-order chi connectivity index (χ1) is 12.9. The van der Waals surface area contributed by atoms with E-state index in [2.05, 4.69) is 9.97 Å². The van der Waals surface area contributed by atoms with Gasteiger partial charge in [0.25, 0.3) is 11.6 Å². The quantitative estimate of drug-likeness (QED) is 0.491. The average Bonchev–Trinajstić information content (AvgIpc) is 3.08. The second-order valence-corrected chi connectivity index (χ2v) is 6.95. The number of nitrogens with zero attached hydrogens (tertiary/aromatic N) is 5. The summed E-state index contributed by atoms with van der Waals surface area (Å²) in [7, 11) is 1.52. The molecule has 0 aliphatic heterocycles. The molecule has 0 bridgehead atoms. The molecule has 0 N–H and O–H groups in total. The van der Waals surface area contributed by atoms with Gasteiger partial charge in [-0.2, -0.15) is 0 Å². The molecule has 0 aliphatic carbocycles. The summed E-state index contributed by atoms with van der Waals surface area (Å²) >= 11 is 0. The van der Waals surface area contributed by atoms with Crippen molar-refractivity contribution in [3.05, 3.63) is 70.8 Å². The third-order valence-electron chi connectivity index (χ3n) is 3.93. The molecule has 9 nitrogen and oxygen atoms in total. The molecule has 3 rings (SSSR count). The summed E-state index contributed by atoms with van der Waals surface area (Å²) in [5.41, 5.74) is 0.776. The fourth-order valence-electron chi connectivity index (χ4n) is 2.40. The van der Waals surface area contributed by atoms with Gasteiger partial charge in [-0.25, -0.2) is 9.19 Å². The van der Waals surface area contributed by atoms with Gasteiger partial charge in [0, 0.05) is 37.3 Å². The maximum absolute atomic E-state index is 12.7. The van der Waals surface area contributed by atoms with Crippen LogP contribution in [0.5, 0.6) is 0 Å². The molecule has 1 aromatic carbocycles. The molecule has 1 unspecified atom stereocenters. The second kappa shape index (κ2) is 7.46. The maximum atomic E-state index is 12.7. The Bertz CT molecular complexity index is 1020. The topological polar surface area (TPSA) is 111 Å². The Hall–Kier alpha value is -3.40. The van der Waals surface area contributed by atoms with Crippen LogP contribution < -0.4 is 4.90 Å². The summed E-state index contributed by atoms with van der Waals surface area (Å²) in [5, 5.41) is 10.9. The van der Waals surface area contributed by atoms with Crippen LogP contribution in [0.3, 0.4) is 0 Å². The Morgan fingerprint density at radius 3 is 2.52 bits per heavy atom. The van der Waals surface area contributed by atoms with Crippen molar-refractivity contribution in [3.63, 3.8) is 0 Å². The van der Waals surface area contributed by atoms with E-state index in [0.717, 1.165) is 0 Å². The third-order valence-corrected chi connectivity index (χ3v) is 5.34. The molecule has 138 valence electrons. The largest absolute Gasteiger partial charge is 0.316 e. The number of pyridine rings is 1. The molecular weight excluding hydrogens is 370 g/mol. The van der Waals surface area contributed by atoms with Crippen LogP contribution in [0.15, 0.2) is 65.0 Å². The van der Waals surface area contributed by atoms with Crippen molar-refractivity contribution in [3.8, 4) is 0 Å². The van der Waals surface area contributed by atoms with Gasteiger partial charge in [0.1, 0.15) is 16.5 Å². The van der Waals surface area contributed by atoms with E-state index in [1.807, 2.05) is 0 Å². The van der Waals surface area contributed by atoms with Gasteiger partial charge in [-0.15, -0.1) is 0 Å². The minimum atomic E-state index is -1.69. The standard InChI is InChI=1S/C17H15N5O4S/c1-20(13-4-3-9-18-10-13)16(23)15-11-19-17(21(15)2)27(26)14-7-5-12(6-8-14)22(24)25/h3-11H,1-2H3. The fourth-order valence-corrected chi connectivity index (χ4v) is 3.49. The molecule has 0 aliphatic rings. The van der Waals surface area contributed by atoms with Crippen molar-refractivity contribution in [1.29, 1.82) is 0 Å². The van der Waals surface area contributed by atoms with Crippen LogP contribution in [0.2, 0.25) is 0 Å². The lowest BCUT2D eigenvalue weighted by atomic mass is 10.3.